The number of carbonyl (C=O) groups is 1. The number of aromatic nitrogens is 1. The first-order chi connectivity index (χ1) is 9.86. The van der Waals surface area contributed by atoms with Crippen molar-refractivity contribution in [3.8, 4) is 17.0 Å². The average Bonchev–Trinajstić information content (AvgIpc) is 2.43. The third kappa shape index (κ3) is 2.90. The SMILES string of the molecule is COc1c(Cl)ccc(-c2nc(C(=O)O)cc(Cl)c2Cl)c1F. The predicted octanol–water partition coefficient (Wildman–Crippen LogP) is 4.55. The molecule has 1 heterocycles. The van der Waals surface area contributed by atoms with E-state index >= 15 is 0 Å². The highest BCUT2D eigenvalue weighted by Crippen LogP contribution is 2.39. The Bertz CT molecular complexity index is 737. The number of hydrogen-bond acceptors (Lipinski definition) is 3. The Labute approximate surface area is 134 Å². The van der Waals surface area contributed by atoms with E-state index < -0.39 is 11.8 Å². The summed E-state index contributed by atoms with van der Waals surface area (Å²) >= 11 is 17.6. The lowest BCUT2D eigenvalue weighted by atomic mass is 10.1. The normalized spacial score (nSPS) is 10.5. The largest absolute Gasteiger partial charge is 0.492 e. The Hall–Kier alpha value is -1.56. The van der Waals surface area contributed by atoms with Gasteiger partial charge in [-0.1, -0.05) is 34.8 Å². The van der Waals surface area contributed by atoms with E-state index in [1.165, 1.54) is 19.2 Å². The second-order valence-corrected chi connectivity index (χ2v) is 5.09. The molecule has 0 amide bonds. The summed E-state index contributed by atoms with van der Waals surface area (Å²) in [6.45, 7) is 0. The standard InChI is InChI=1S/C13H7Cl3FNO3/c1-21-12-6(14)3-2-5(10(12)17)11-9(16)7(15)4-8(18-11)13(19)20/h2-4H,1H3,(H,19,20). The Morgan fingerprint density at radius 2 is 1.95 bits per heavy atom. The number of hydrogen-bond donors (Lipinski definition) is 1. The van der Waals surface area contributed by atoms with Crippen LogP contribution >= 0.6 is 34.8 Å². The van der Waals surface area contributed by atoms with Crippen molar-refractivity contribution >= 4 is 40.8 Å². The van der Waals surface area contributed by atoms with Gasteiger partial charge in [0, 0.05) is 5.56 Å². The maximum absolute atomic E-state index is 14.4. The highest BCUT2D eigenvalue weighted by Gasteiger charge is 2.21. The van der Waals surface area contributed by atoms with Crippen LogP contribution in [0.2, 0.25) is 15.1 Å². The van der Waals surface area contributed by atoms with Crippen LogP contribution in [0, 0.1) is 5.82 Å². The van der Waals surface area contributed by atoms with E-state index in [-0.39, 0.29) is 37.8 Å². The summed E-state index contributed by atoms with van der Waals surface area (Å²) < 4.78 is 19.2. The van der Waals surface area contributed by atoms with Gasteiger partial charge in [-0.2, -0.15) is 0 Å². The molecular formula is C13H7Cl3FNO3. The van der Waals surface area contributed by atoms with Gasteiger partial charge in [-0.05, 0) is 18.2 Å². The van der Waals surface area contributed by atoms with Gasteiger partial charge in [-0.3, -0.25) is 0 Å². The van der Waals surface area contributed by atoms with Gasteiger partial charge >= 0.3 is 5.97 Å². The van der Waals surface area contributed by atoms with E-state index in [1.807, 2.05) is 0 Å². The van der Waals surface area contributed by atoms with Gasteiger partial charge in [-0.25, -0.2) is 14.2 Å². The predicted molar refractivity (Wildman–Crippen MR) is 78.2 cm³/mol. The summed E-state index contributed by atoms with van der Waals surface area (Å²) in [5.41, 5.74) is -0.520. The van der Waals surface area contributed by atoms with Gasteiger partial charge in [0.05, 0.1) is 27.9 Å². The van der Waals surface area contributed by atoms with E-state index in [0.29, 0.717) is 0 Å². The Morgan fingerprint density at radius 1 is 1.29 bits per heavy atom. The molecule has 0 atom stereocenters. The third-order valence-electron chi connectivity index (χ3n) is 2.64. The van der Waals surface area contributed by atoms with Gasteiger partial charge in [0.1, 0.15) is 0 Å². The average molecular weight is 351 g/mol. The second kappa shape index (κ2) is 6.05. The zero-order valence-corrected chi connectivity index (χ0v) is 12.7. The molecule has 21 heavy (non-hydrogen) atoms. The number of methoxy groups -OCH3 is 1. The van der Waals surface area contributed by atoms with Crippen molar-refractivity contribution in [1.82, 2.24) is 4.98 Å². The highest BCUT2D eigenvalue weighted by molar-refractivity contribution is 6.43. The number of ether oxygens (including phenoxy) is 1. The molecule has 0 saturated heterocycles. The van der Waals surface area contributed by atoms with Crippen molar-refractivity contribution in [2.75, 3.05) is 7.11 Å². The van der Waals surface area contributed by atoms with Crippen LogP contribution in [-0.2, 0) is 0 Å². The van der Waals surface area contributed by atoms with Crippen LogP contribution in [0.3, 0.4) is 0 Å². The number of carboxylic acid groups (broad SMARTS) is 1. The summed E-state index contributed by atoms with van der Waals surface area (Å²) in [6.07, 6.45) is 0. The van der Waals surface area contributed by atoms with E-state index in [0.717, 1.165) is 6.07 Å². The highest BCUT2D eigenvalue weighted by atomic mass is 35.5. The fourth-order valence-corrected chi connectivity index (χ4v) is 2.30. The van der Waals surface area contributed by atoms with E-state index in [4.69, 9.17) is 44.6 Å². The molecule has 110 valence electrons. The van der Waals surface area contributed by atoms with Gasteiger partial charge in [-0.15, -0.1) is 0 Å². The number of benzene rings is 1. The molecule has 0 unspecified atom stereocenters. The van der Waals surface area contributed by atoms with Crippen LogP contribution in [0.5, 0.6) is 5.75 Å². The first-order valence-corrected chi connectivity index (χ1v) is 6.62. The molecule has 2 rings (SSSR count). The molecule has 0 aliphatic carbocycles. The third-order valence-corrected chi connectivity index (χ3v) is 3.72. The summed E-state index contributed by atoms with van der Waals surface area (Å²) in [5, 5.41) is 8.93. The smallest absolute Gasteiger partial charge is 0.354 e. The van der Waals surface area contributed by atoms with Crippen molar-refractivity contribution in [3.63, 3.8) is 0 Å². The van der Waals surface area contributed by atoms with Gasteiger partial charge in [0.2, 0.25) is 0 Å². The fourth-order valence-electron chi connectivity index (χ4n) is 1.69. The van der Waals surface area contributed by atoms with E-state index in [1.54, 1.807) is 0 Å². The maximum Gasteiger partial charge on any atom is 0.354 e. The van der Waals surface area contributed by atoms with E-state index in [2.05, 4.69) is 4.98 Å². The molecule has 1 aromatic carbocycles. The number of carboxylic acids is 1. The number of nitrogens with zero attached hydrogens (tertiary/aromatic N) is 1. The summed E-state index contributed by atoms with van der Waals surface area (Å²) in [4.78, 5) is 14.8. The summed E-state index contributed by atoms with van der Waals surface area (Å²) in [7, 11) is 1.25. The Balaban J connectivity index is 2.75. The quantitative estimate of drug-likeness (QED) is 0.882. The van der Waals surface area contributed by atoms with Crippen LogP contribution in [-0.4, -0.2) is 23.2 Å². The topological polar surface area (TPSA) is 59.4 Å². The van der Waals surface area contributed by atoms with Gasteiger partial charge in [0.25, 0.3) is 0 Å². The minimum atomic E-state index is -1.31. The van der Waals surface area contributed by atoms with Crippen molar-refractivity contribution in [3.05, 3.63) is 44.8 Å². The summed E-state index contributed by atoms with van der Waals surface area (Å²) in [6, 6.07) is 3.79. The molecule has 0 bridgehead atoms. The maximum atomic E-state index is 14.4. The van der Waals surface area contributed by atoms with Gasteiger partial charge in [0.15, 0.2) is 17.3 Å². The van der Waals surface area contributed by atoms with Crippen molar-refractivity contribution in [2.24, 2.45) is 0 Å². The minimum absolute atomic E-state index is 0.0487. The van der Waals surface area contributed by atoms with Crippen LogP contribution in [0.25, 0.3) is 11.3 Å². The lowest BCUT2D eigenvalue weighted by Gasteiger charge is -2.11. The molecule has 2 aromatic rings. The molecule has 0 aliphatic rings. The zero-order valence-electron chi connectivity index (χ0n) is 10.5. The number of halogens is 4. The molecule has 0 saturated carbocycles. The van der Waals surface area contributed by atoms with Crippen molar-refractivity contribution in [1.29, 1.82) is 0 Å². The fraction of sp³-hybridized carbons (Fsp3) is 0.0769. The molecule has 0 spiro atoms. The van der Waals surface area contributed by atoms with Gasteiger partial charge < -0.3 is 9.84 Å². The monoisotopic (exact) mass is 349 g/mol. The molecular weight excluding hydrogens is 344 g/mol. The van der Waals surface area contributed by atoms with E-state index in [9.17, 15) is 9.18 Å². The molecule has 1 N–H and O–H groups in total. The number of rotatable bonds is 3. The molecule has 4 nitrogen and oxygen atoms in total. The van der Waals surface area contributed by atoms with Crippen LogP contribution in [0.4, 0.5) is 4.39 Å². The first kappa shape index (κ1) is 15.8. The second-order valence-electron chi connectivity index (χ2n) is 3.90. The molecule has 1 aromatic heterocycles. The molecule has 8 heteroatoms. The lowest BCUT2D eigenvalue weighted by Crippen LogP contribution is -2.03. The zero-order chi connectivity index (χ0) is 15.7. The van der Waals surface area contributed by atoms with Crippen molar-refractivity contribution < 1.29 is 19.0 Å². The van der Waals surface area contributed by atoms with Crippen LogP contribution < -0.4 is 4.74 Å². The lowest BCUT2D eigenvalue weighted by molar-refractivity contribution is 0.0690. The summed E-state index contributed by atoms with van der Waals surface area (Å²) in [5.74, 6) is -2.31. The van der Waals surface area contributed by atoms with Crippen molar-refractivity contribution in [2.45, 2.75) is 0 Å². The van der Waals surface area contributed by atoms with Crippen LogP contribution in [0.1, 0.15) is 10.5 Å². The Morgan fingerprint density at radius 3 is 2.52 bits per heavy atom. The molecule has 0 aliphatic heterocycles. The number of aromatic carboxylic acids is 1. The Kier molecular flexibility index (Phi) is 4.56. The first-order valence-electron chi connectivity index (χ1n) is 5.48. The number of pyridine rings is 1. The van der Waals surface area contributed by atoms with Crippen LogP contribution in [0.15, 0.2) is 18.2 Å². The molecule has 0 radical (unpaired) electrons. The minimum Gasteiger partial charge on any atom is -0.492 e. The molecule has 0 fully saturated rings.